The Morgan fingerprint density at radius 1 is 0.850 bits per heavy atom. The molecule has 1 aromatic heterocycles. The van der Waals surface area contributed by atoms with Gasteiger partial charge in [0.1, 0.15) is 5.82 Å². The fourth-order valence-corrected chi connectivity index (χ4v) is 6.08. The minimum atomic E-state index is -3.88. The number of aryl methyl sites for hydroxylation is 1. The minimum Gasteiger partial charge on any atom is -0.345 e. The maximum atomic E-state index is 13.9. The van der Waals surface area contributed by atoms with E-state index >= 15 is 0 Å². The van der Waals surface area contributed by atoms with Gasteiger partial charge in [-0.3, -0.25) is 4.79 Å². The van der Waals surface area contributed by atoms with Crippen LogP contribution in [-0.2, 0) is 34.5 Å². The third-order valence-electron chi connectivity index (χ3n) is 6.65. The zero-order chi connectivity index (χ0) is 28.7. The molecule has 0 aliphatic heterocycles. The Kier molecular flexibility index (Phi) is 9.55. The normalized spacial score (nSPS) is 11.8. The molecule has 210 valence electrons. The van der Waals surface area contributed by atoms with Crippen molar-refractivity contribution < 1.29 is 17.6 Å². The van der Waals surface area contributed by atoms with Gasteiger partial charge >= 0.3 is 0 Å². The van der Waals surface area contributed by atoms with Crippen molar-refractivity contribution in [2.45, 2.75) is 45.3 Å². The Bertz CT molecular complexity index is 1500. The molecule has 0 atom stereocenters. The Labute approximate surface area is 236 Å². The second kappa shape index (κ2) is 13.1. The van der Waals surface area contributed by atoms with Crippen LogP contribution >= 0.6 is 0 Å². The number of carbonyl (C=O) groups excluding carboxylic acids is 1. The van der Waals surface area contributed by atoms with Gasteiger partial charge in [-0.2, -0.15) is 4.31 Å². The zero-order valence-corrected chi connectivity index (χ0v) is 24.0. The summed E-state index contributed by atoms with van der Waals surface area (Å²) in [4.78, 5) is 15.7. The van der Waals surface area contributed by atoms with Gasteiger partial charge in [-0.15, -0.1) is 0 Å². The first-order valence-corrected chi connectivity index (χ1v) is 14.8. The topological polar surface area (TPSA) is 62.6 Å². The predicted molar refractivity (Wildman–Crippen MR) is 155 cm³/mol. The highest BCUT2D eigenvalue weighted by atomic mass is 32.2. The highest BCUT2D eigenvalue weighted by Crippen LogP contribution is 2.20. The van der Waals surface area contributed by atoms with Gasteiger partial charge in [-0.25, -0.2) is 12.8 Å². The van der Waals surface area contributed by atoms with Crippen LogP contribution < -0.4 is 0 Å². The van der Waals surface area contributed by atoms with E-state index in [-0.39, 0.29) is 35.6 Å². The van der Waals surface area contributed by atoms with Crippen LogP contribution in [0.1, 0.15) is 36.2 Å². The SMILES string of the molecule is Cc1ccc(S(=O)(=O)N(CC(=O)N(Cc2ccccc2)Cc2cccn2Cc2ccc(F)cc2)CC(C)C)cc1. The van der Waals surface area contributed by atoms with Gasteiger partial charge in [0.05, 0.1) is 18.0 Å². The number of hydrogen-bond donors (Lipinski definition) is 0. The standard InChI is InChI=1S/C32H36FN3O3S/c1-25(2)20-36(40(38,39)31-17-11-26(3)12-18-31)24-32(37)35(22-27-8-5-4-6-9-27)23-30-10-7-19-34(30)21-28-13-15-29(33)16-14-28/h4-19,25H,20-24H2,1-3H3. The number of nitrogens with zero attached hydrogens (tertiary/aromatic N) is 3. The van der Waals surface area contributed by atoms with Crippen molar-refractivity contribution in [1.29, 1.82) is 0 Å². The average molecular weight is 562 g/mol. The summed E-state index contributed by atoms with van der Waals surface area (Å²) in [5.74, 6) is -0.541. The number of carbonyl (C=O) groups is 1. The van der Waals surface area contributed by atoms with Gasteiger partial charge in [0, 0.05) is 31.5 Å². The molecule has 0 saturated heterocycles. The van der Waals surface area contributed by atoms with E-state index in [0.717, 1.165) is 22.4 Å². The van der Waals surface area contributed by atoms with E-state index in [4.69, 9.17) is 0 Å². The summed E-state index contributed by atoms with van der Waals surface area (Å²) in [6.07, 6.45) is 1.93. The minimum absolute atomic E-state index is 0.0311. The van der Waals surface area contributed by atoms with Gasteiger partial charge in [0.15, 0.2) is 0 Å². The van der Waals surface area contributed by atoms with Crippen molar-refractivity contribution in [3.63, 3.8) is 0 Å². The monoisotopic (exact) mass is 561 g/mol. The van der Waals surface area contributed by atoms with Crippen LogP contribution in [0.3, 0.4) is 0 Å². The second-order valence-corrected chi connectivity index (χ2v) is 12.4. The van der Waals surface area contributed by atoms with Gasteiger partial charge < -0.3 is 9.47 Å². The molecule has 40 heavy (non-hydrogen) atoms. The summed E-state index contributed by atoms with van der Waals surface area (Å²) in [7, 11) is -3.88. The molecule has 8 heteroatoms. The Hall–Kier alpha value is -3.75. The molecule has 1 heterocycles. The van der Waals surface area contributed by atoms with Crippen molar-refractivity contribution >= 4 is 15.9 Å². The largest absolute Gasteiger partial charge is 0.345 e. The number of hydrogen-bond acceptors (Lipinski definition) is 3. The molecular weight excluding hydrogens is 525 g/mol. The smallest absolute Gasteiger partial charge is 0.243 e. The zero-order valence-electron chi connectivity index (χ0n) is 23.2. The van der Waals surface area contributed by atoms with E-state index in [1.54, 1.807) is 41.3 Å². The second-order valence-electron chi connectivity index (χ2n) is 10.5. The fourth-order valence-electron chi connectivity index (χ4n) is 4.53. The molecule has 0 aliphatic rings. The van der Waals surface area contributed by atoms with Crippen LogP contribution in [-0.4, -0.2) is 41.2 Å². The van der Waals surface area contributed by atoms with E-state index in [1.807, 2.05) is 74.0 Å². The maximum absolute atomic E-state index is 13.9. The number of rotatable bonds is 12. The van der Waals surface area contributed by atoms with E-state index in [2.05, 4.69) is 0 Å². The van der Waals surface area contributed by atoms with E-state index in [1.165, 1.54) is 16.4 Å². The lowest BCUT2D eigenvalue weighted by Crippen LogP contribution is -2.44. The summed E-state index contributed by atoms with van der Waals surface area (Å²) in [6.45, 7) is 6.89. The predicted octanol–water partition coefficient (Wildman–Crippen LogP) is 5.86. The molecule has 0 spiro atoms. The van der Waals surface area contributed by atoms with E-state index in [9.17, 15) is 17.6 Å². The van der Waals surface area contributed by atoms with E-state index in [0.29, 0.717) is 19.6 Å². The Balaban J connectivity index is 1.60. The van der Waals surface area contributed by atoms with Crippen LogP contribution in [0.15, 0.2) is 102 Å². The lowest BCUT2D eigenvalue weighted by molar-refractivity contribution is -0.132. The first-order chi connectivity index (χ1) is 19.1. The first-order valence-electron chi connectivity index (χ1n) is 13.4. The Morgan fingerprint density at radius 2 is 1.52 bits per heavy atom. The van der Waals surface area contributed by atoms with Crippen LogP contribution in [0, 0.1) is 18.7 Å². The first kappa shape index (κ1) is 29.2. The van der Waals surface area contributed by atoms with Crippen molar-refractivity contribution in [2.75, 3.05) is 13.1 Å². The fraction of sp³-hybridized carbons (Fsp3) is 0.281. The average Bonchev–Trinajstić information content (AvgIpc) is 3.36. The lowest BCUT2D eigenvalue weighted by atomic mass is 10.2. The molecular formula is C32H36FN3O3S. The van der Waals surface area contributed by atoms with Gasteiger partial charge in [-0.1, -0.05) is 74.0 Å². The molecule has 0 unspecified atom stereocenters. The quantitative estimate of drug-likeness (QED) is 0.218. The molecule has 6 nitrogen and oxygen atoms in total. The number of benzene rings is 3. The molecule has 4 rings (SSSR count). The molecule has 4 aromatic rings. The molecule has 0 bridgehead atoms. The molecule has 1 amide bonds. The summed E-state index contributed by atoms with van der Waals surface area (Å²) < 4.78 is 44.0. The third kappa shape index (κ3) is 7.67. The van der Waals surface area contributed by atoms with E-state index < -0.39 is 10.0 Å². The van der Waals surface area contributed by atoms with Crippen LogP contribution in [0.5, 0.6) is 0 Å². The molecule has 0 radical (unpaired) electrons. The number of aromatic nitrogens is 1. The van der Waals surface area contributed by atoms with Crippen molar-refractivity contribution in [3.8, 4) is 0 Å². The number of amides is 1. The molecule has 3 aromatic carbocycles. The van der Waals surface area contributed by atoms with Crippen molar-refractivity contribution in [1.82, 2.24) is 13.8 Å². The molecule has 0 fully saturated rings. The highest BCUT2D eigenvalue weighted by molar-refractivity contribution is 7.89. The van der Waals surface area contributed by atoms with Crippen molar-refractivity contribution in [2.24, 2.45) is 5.92 Å². The van der Waals surface area contributed by atoms with Gasteiger partial charge in [-0.05, 0) is 60.4 Å². The number of halogens is 1. The summed E-state index contributed by atoms with van der Waals surface area (Å²) in [5.41, 5.74) is 3.74. The van der Waals surface area contributed by atoms with Crippen LogP contribution in [0.4, 0.5) is 4.39 Å². The maximum Gasteiger partial charge on any atom is 0.243 e. The summed E-state index contributed by atoms with van der Waals surface area (Å²) in [6, 6.07) is 26.6. The molecule has 0 saturated carbocycles. The lowest BCUT2D eigenvalue weighted by Gasteiger charge is -2.29. The number of sulfonamides is 1. The van der Waals surface area contributed by atoms with Crippen LogP contribution in [0.25, 0.3) is 0 Å². The van der Waals surface area contributed by atoms with Crippen molar-refractivity contribution in [3.05, 3.63) is 125 Å². The Morgan fingerprint density at radius 3 is 2.17 bits per heavy atom. The third-order valence-corrected chi connectivity index (χ3v) is 8.48. The summed E-state index contributed by atoms with van der Waals surface area (Å²) in [5, 5.41) is 0. The molecule has 0 N–H and O–H groups in total. The summed E-state index contributed by atoms with van der Waals surface area (Å²) >= 11 is 0. The van der Waals surface area contributed by atoms with Gasteiger partial charge in [0.25, 0.3) is 0 Å². The van der Waals surface area contributed by atoms with Gasteiger partial charge in [0.2, 0.25) is 15.9 Å². The molecule has 0 aliphatic carbocycles. The highest BCUT2D eigenvalue weighted by Gasteiger charge is 2.29. The van der Waals surface area contributed by atoms with Crippen LogP contribution in [0.2, 0.25) is 0 Å².